The third-order valence-corrected chi connectivity index (χ3v) is 5.14. The molecule has 0 fully saturated rings. The lowest BCUT2D eigenvalue weighted by molar-refractivity contribution is 0.424. The monoisotopic (exact) mass is 272 g/mol. The minimum absolute atomic E-state index is 0.236. The van der Waals surface area contributed by atoms with Gasteiger partial charge in [-0.15, -0.1) is 11.3 Å². The van der Waals surface area contributed by atoms with Crippen molar-refractivity contribution >= 4 is 11.3 Å². The number of hydrogen-bond donors (Lipinski definition) is 1. The van der Waals surface area contributed by atoms with Gasteiger partial charge in [-0.3, -0.25) is 0 Å². The predicted molar refractivity (Wildman–Crippen MR) is 81.4 cm³/mol. The van der Waals surface area contributed by atoms with Crippen LogP contribution in [0.15, 0.2) is 24.3 Å². The largest absolute Gasteiger partial charge is 0.326 e. The van der Waals surface area contributed by atoms with Gasteiger partial charge in [-0.1, -0.05) is 38.1 Å². The van der Waals surface area contributed by atoms with Crippen molar-refractivity contribution < 1.29 is 0 Å². The fourth-order valence-electron chi connectivity index (χ4n) is 2.77. The Labute approximate surface area is 118 Å². The summed E-state index contributed by atoms with van der Waals surface area (Å²) < 4.78 is 0. The second kappa shape index (κ2) is 4.73. The number of hydrogen-bond acceptors (Lipinski definition) is 3. The van der Waals surface area contributed by atoms with Crippen molar-refractivity contribution in [2.45, 2.75) is 45.1 Å². The van der Waals surface area contributed by atoms with Crippen LogP contribution < -0.4 is 5.73 Å². The molecule has 3 rings (SSSR count). The van der Waals surface area contributed by atoms with Crippen LogP contribution in [0.1, 0.15) is 42.8 Å². The number of rotatable bonds is 2. The maximum atomic E-state index is 5.64. The van der Waals surface area contributed by atoms with Gasteiger partial charge in [-0.05, 0) is 24.8 Å². The van der Waals surface area contributed by atoms with Gasteiger partial charge in [0.25, 0.3) is 0 Å². The zero-order valence-corrected chi connectivity index (χ0v) is 12.4. The molecule has 0 spiro atoms. The Balaban J connectivity index is 2.00. The molecular formula is C16H20N2S. The minimum Gasteiger partial charge on any atom is -0.326 e. The second-order valence-corrected chi connectivity index (χ2v) is 7.01. The van der Waals surface area contributed by atoms with E-state index in [-0.39, 0.29) is 5.41 Å². The highest BCUT2D eigenvalue weighted by molar-refractivity contribution is 7.15. The number of nitrogens with two attached hydrogens (primary N) is 1. The van der Waals surface area contributed by atoms with Gasteiger partial charge in [0.15, 0.2) is 0 Å². The predicted octanol–water partition coefficient (Wildman–Crippen LogP) is 3.88. The zero-order chi connectivity index (χ0) is 13.5. The first kappa shape index (κ1) is 12.8. The van der Waals surface area contributed by atoms with Crippen molar-refractivity contribution in [1.29, 1.82) is 0 Å². The Morgan fingerprint density at radius 3 is 2.63 bits per heavy atom. The molecule has 0 unspecified atom stereocenters. The summed E-state index contributed by atoms with van der Waals surface area (Å²) in [5.41, 5.74) is 9.58. The van der Waals surface area contributed by atoms with E-state index < -0.39 is 0 Å². The standard InChI is InChI=1S/C16H20N2S/c1-16(2)9-3-4-13-14(16)18-15(19-13)12-7-5-11(10-17)6-8-12/h5-8H,3-4,9-10,17H2,1-2H3. The summed E-state index contributed by atoms with van der Waals surface area (Å²) in [6, 6.07) is 8.47. The van der Waals surface area contributed by atoms with Crippen molar-refractivity contribution in [3.8, 4) is 10.6 Å². The van der Waals surface area contributed by atoms with Crippen LogP contribution in [0.2, 0.25) is 0 Å². The van der Waals surface area contributed by atoms with Gasteiger partial charge >= 0.3 is 0 Å². The summed E-state index contributed by atoms with van der Waals surface area (Å²) in [5.74, 6) is 0. The number of aromatic nitrogens is 1. The van der Waals surface area contributed by atoms with Gasteiger partial charge in [0.1, 0.15) is 5.01 Å². The summed E-state index contributed by atoms with van der Waals surface area (Å²) >= 11 is 1.86. The molecule has 1 aliphatic carbocycles. The fourth-order valence-corrected chi connectivity index (χ4v) is 4.06. The molecule has 0 radical (unpaired) electrons. The number of nitrogens with zero attached hydrogens (tertiary/aromatic N) is 1. The van der Waals surface area contributed by atoms with Crippen LogP contribution in [0.5, 0.6) is 0 Å². The summed E-state index contributed by atoms with van der Waals surface area (Å²) in [6.45, 7) is 5.22. The van der Waals surface area contributed by atoms with E-state index >= 15 is 0 Å². The Bertz CT molecular complexity index is 581. The third-order valence-electron chi connectivity index (χ3n) is 3.98. The first-order valence-electron chi connectivity index (χ1n) is 6.90. The minimum atomic E-state index is 0.236. The lowest BCUT2D eigenvalue weighted by Crippen LogP contribution is -2.23. The van der Waals surface area contributed by atoms with Crippen molar-refractivity contribution in [3.63, 3.8) is 0 Å². The Morgan fingerprint density at radius 2 is 2.00 bits per heavy atom. The number of thiazole rings is 1. The molecule has 100 valence electrons. The molecule has 0 atom stereocenters. The first-order chi connectivity index (χ1) is 9.10. The number of fused-ring (bicyclic) bond motifs is 1. The number of aryl methyl sites for hydroxylation is 1. The summed E-state index contributed by atoms with van der Waals surface area (Å²) in [5, 5.41) is 1.16. The van der Waals surface area contributed by atoms with E-state index in [1.165, 1.54) is 41.0 Å². The average molecular weight is 272 g/mol. The van der Waals surface area contributed by atoms with E-state index in [2.05, 4.69) is 38.1 Å². The van der Waals surface area contributed by atoms with E-state index in [4.69, 9.17) is 10.7 Å². The fraction of sp³-hybridized carbons (Fsp3) is 0.438. The van der Waals surface area contributed by atoms with Crippen molar-refractivity contribution in [1.82, 2.24) is 4.98 Å². The number of benzene rings is 1. The molecule has 0 aliphatic heterocycles. The molecule has 19 heavy (non-hydrogen) atoms. The van der Waals surface area contributed by atoms with Crippen molar-refractivity contribution in [2.24, 2.45) is 5.73 Å². The highest BCUT2D eigenvalue weighted by atomic mass is 32.1. The molecule has 1 aromatic heterocycles. The molecule has 2 nitrogen and oxygen atoms in total. The van der Waals surface area contributed by atoms with E-state index in [1.807, 2.05) is 11.3 Å². The lowest BCUT2D eigenvalue weighted by atomic mass is 9.79. The van der Waals surface area contributed by atoms with E-state index in [1.54, 1.807) is 0 Å². The molecule has 2 aromatic rings. The van der Waals surface area contributed by atoms with Crippen LogP contribution in [0, 0.1) is 0 Å². The molecule has 0 amide bonds. The maximum Gasteiger partial charge on any atom is 0.123 e. The van der Waals surface area contributed by atoms with Crippen molar-refractivity contribution in [3.05, 3.63) is 40.4 Å². The molecule has 2 N–H and O–H groups in total. The van der Waals surface area contributed by atoms with Crippen LogP contribution in [0.4, 0.5) is 0 Å². The molecule has 0 saturated heterocycles. The van der Waals surface area contributed by atoms with Gasteiger partial charge in [0.2, 0.25) is 0 Å². The highest BCUT2D eigenvalue weighted by Gasteiger charge is 2.31. The van der Waals surface area contributed by atoms with Gasteiger partial charge in [0, 0.05) is 22.4 Å². The van der Waals surface area contributed by atoms with E-state index in [0.29, 0.717) is 6.54 Å². The van der Waals surface area contributed by atoms with Crippen LogP contribution >= 0.6 is 11.3 Å². The highest BCUT2D eigenvalue weighted by Crippen LogP contribution is 2.41. The van der Waals surface area contributed by atoms with Crippen LogP contribution in [0.3, 0.4) is 0 Å². The van der Waals surface area contributed by atoms with E-state index in [9.17, 15) is 0 Å². The lowest BCUT2D eigenvalue weighted by Gasteiger charge is -2.28. The second-order valence-electron chi connectivity index (χ2n) is 5.93. The van der Waals surface area contributed by atoms with Gasteiger partial charge in [-0.25, -0.2) is 4.98 Å². The third kappa shape index (κ3) is 2.33. The Hall–Kier alpha value is -1.19. The van der Waals surface area contributed by atoms with Crippen LogP contribution in [0.25, 0.3) is 10.6 Å². The van der Waals surface area contributed by atoms with Gasteiger partial charge in [-0.2, -0.15) is 0 Å². The molecule has 1 aromatic carbocycles. The molecule has 0 saturated carbocycles. The summed E-state index contributed by atoms with van der Waals surface area (Å²) in [6.07, 6.45) is 3.72. The van der Waals surface area contributed by atoms with Crippen LogP contribution in [-0.4, -0.2) is 4.98 Å². The molecule has 3 heteroatoms. The average Bonchev–Trinajstić information content (AvgIpc) is 2.84. The molecule has 1 heterocycles. The molecule has 0 bridgehead atoms. The SMILES string of the molecule is CC1(C)CCCc2sc(-c3ccc(CN)cc3)nc21. The quantitative estimate of drug-likeness (QED) is 0.901. The normalized spacial score (nSPS) is 17.2. The van der Waals surface area contributed by atoms with Gasteiger partial charge in [0.05, 0.1) is 5.69 Å². The maximum absolute atomic E-state index is 5.64. The van der Waals surface area contributed by atoms with Crippen molar-refractivity contribution in [2.75, 3.05) is 0 Å². The molecule has 1 aliphatic rings. The summed E-state index contributed by atoms with van der Waals surface area (Å²) in [7, 11) is 0. The Kier molecular flexibility index (Phi) is 3.19. The van der Waals surface area contributed by atoms with E-state index in [0.717, 1.165) is 5.01 Å². The molecular weight excluding hydrogens is 252 g/mol. The van der Waals surface area contributed by atoms with Gasteiger partial charge < -0.3 is 5.73 Å². The van der Waals surface area contributed by atoms with Crippen LogP contribution in [-0.2, 0) is 18.4 Å². The first-order valence-corrected chi connectivity index (χ1v) is 7.71. The smallest absolute Gasteiger partial charge is 0.123 e. The Morgan fingerprint density at radius 1 is 1.26 bits per heavy atom. The topological polar surface area (TPSA) is 38.9 Å². The summed E-state index contributed by atoms with van der Waals surface area (Å²) in [4.78, 5) is 6.40. The zero-order valence-electron chi connectivity index (χ0n) is 11.6.